The summed E-state index contributed by atoms with van der Waals surface area (Å²) in [6.45, 7) is 0. The van der Waals surface area contributed by atoms with Gasteiger partial charge in [-0.3, -0.25) is 0 Å². The van der Waals surface area contributed by atoms with E-state index in [-0.39, 0.29) is 0 Å². The Balaban J connectivity index is 1.02. The van der Waals surface area contributed by atoms with Gasteiger partial charge < -0.3 is 18.0 Å². The van der Waals surface area contributed by atoms with E-state index in [1.807, 2.05) is 12.1 Å². The van der Waals surface area contributed by atoms with E-state index in [1.165, 1.54) is 49.2 Å². The van der Waals surface area contributed by atoms with Crippen molar-refractivity contribution in [3.63, 3.8) is 0 Å². The van der Waals surface area contributed by atoms with Crippen molar-refractivity contribution in [3.8, 4) is 22.5 Å². The molecule has 8 aromatic carbocycles. The number of hydrogen-bond acceptors (Lipinski definition) is 2. The van der Waals surface area contributed by atoms with Crippen LogP contribution in [0, 0.1) is 0 Å². The molecule has 52 heavy (non-hydrogen) atoms. The van der Waals surface area contributed by atoms with Crippen LogP contribution in [-0.4, -0.2) is 9.13 Å². The maximum absolute atomic E-state index is 6.40. The topological polar surface area (TPSA) is 36.1 Å². The van der Waals surface area contributed by atoms with Gasteiger partial charge in [0.05, 0.1) is 22.1 Å². The predicted molar refractivity (Wildman–Crippen MR) is 215 cm³/mol. The molecule has 4 aromatic heterocycles. The van der Waals surface area contributed by atoms with Gasteiger partial charge in [-0.15, -0.1) is 0 Å². The lowest BCUT2D eigenvalue weighted by molar-refractivity contribution is 0.668. The third-order valence-electron chi connectivity index (χ3n) is 10.9. The van der Waals surface area contributed by atoms with Crippen molar-refractivity contribution >= 4 is 87.5 Å². The molecule has 0 bridgehead atoms. The van der Waals surface area contributed by atoms with Crippen LogP contribution in [0.15, 0.2) is 179 Å². The Morgan fingerprint density at radius 3 is 1.25 bits per heavy atom. The van der Waals surface area contributed by atoms with Gasteiger partial charge in [0.25, 0.3) is 0 Å². The molecule has 0 atom stereocenters. The summed E-state index contributed by atoms with van der Waals surface area (Å²) in [6, 6.07) is 60.7. The molecule has 0 fully saturated rings. The van der Waals surface area contributed by atoms with Gasteiger partial charge in [0.2, 0.25) is 0 Å². The van der Waals surface area contributed by atoms with Gasteiger partial charge in [-0.1, -0.05) is 84.9 Å². The average molecular weight is 665 g/mol. The molecule has 0 radical (unpaired) electrons. The molecule has 0 saturated carbocycles. The first-order valence-corrected chi connectivity index (χ1v) is 17.7. The SMILES string of the molecule is c1ccc2c(c1)oc1ccc(-n3c4ccccc4c4cc(-c5ccc6oc7ccc(-n8c9ccccc9c9ccccc98)cc7c6c5)ccc43)cc12. The van der Waals surface area contributed by atoms with Gasteiger partial charge in [-0.05, 0) is 96.1 Å². The van der Waals surface area contributed by atoms with Crippen molar-refractivity contribution < 1.29 is 8.83 Å². The number of para-hydroxylation sites is 4. The molecule has 0 unspecified atom stereocenters. The van der Waals surface area contributed by atoms with Crippen molar-refractivity contribution in [1.82, 2.24) is 9.13 Å². The fourth-order valence-electron chi connectivity index (χ4n) is 8.57. The van der Waals surface area contributed by atoms with Crippen molar-refractivity contribution in [2.24, 2.45) is 0 Å². The molecule has 0 aliphatic heterocycles. The lowest BCUT2D eigenvalue weighted by atomic mass is 10.0. The minimum atomic E-state index is 0.887. The highest BCUT2D eigenvalue weighted by Gasteiger charge is 2.17. The van der Waals surface area contributed by atoms with Crippen LogP contribution in [0.2, 0.25) is 0 Å². The van der Waals surface area contributed by atoms with Crippen LogP contribution in [0.1, 0.15) is 0 Å². The summed E-state index contributed by atoms with van der Waals surface area (Å²) in [5.41, 5.74) is 12.9. The number of benzene rings is 8. The summed E-state index contributed by atoms with van der Waals surface area (Å²) < 4.78 is 17.3. The van der Waals surface area contributed by atoms with E-state index in [0.29, 0.717) is 0 Å². The van der Waals surface area contributed by atoms with Gasteiger partial charge >= 0.3 is 0 Å². The van der Waals surface area contributed by atoms with Crippen molar-refractivity contribution in [2.45, 2.75) is 0 Å². The third-order valence-corrected chi connectivity index (χ3v) is 10.9. The number of furan rings is 2. The molecule has 12 aromatic rings. The summed E-state index contributed by atoms with van der Waals surface area (Å²) >= 11 is 0. The van der Waals surface area contributed by atoms with Gasteiger partial charge in [0.1, 0.15) is 22.3 Å². The van der Waals surface area contributed by atoms with Gasteiger partial charge in [-0.25, -0.2) is 0 Å². The van der Waals surface area contributed by atoms with Crippen molar-refractivity contribution in [2.75, 3.05) is 0 Å². The summed E-state index contributed by atoms with van der Waals surface area (Å²) in [6.07, 6.45) is 0. The normalized spacial score (nSPS) is 12.2. The van der Waals surface area contributed by atoms with Crippen LogP contribution >= 0.6 is 0 Å². The van der Waals surface area contributed by atoms with Crippen LogP contribution in [0.4, 0.5) is 0 Å². The van der Waals surface area contributed by atoms with Gasteiger partial charge in [-0.2, -0.15) is 0 Å². The van der Waals surface area contributed by atoms with E-state index in [0.717, 1.165) is 60.8 Å². The van der Waals surface area contributed by atoms with Gasteiger partial charge in [0, 0.05) is 54.5 Å². The molecular formula is C48H28N2O2. The Morgan fingerprint density at radius 1 is 0.269 bits per heavy atom. The lowest BCUT2D eigenvalue weighted by Crippen LogP contribution is -1.93. The van der Waals surface area contributed by atoms with Crippen molar-refractivity contribution in [1.29, 1.82) is 0 Å². The molecule has 0 N–H and O–H groups in total. The largest absolute Gasteiger partial charge is 0.456 e. The van der Waals surface area contributed by atoms with E-state index in [9.17, 15) is 0 Å². The van der Waals surface area contributed by atoms with Crippen molar-refractivity contribution in [3.05, 3.63) is 170 Å². The first-order chi connectivity index (χ1) is 25.8. The molecule has 4 heterocycles. The van der Waals surface area contributed by atoms with Crippen LogP contribution in [0.3, 0.4) is 0 Å². The van der Waals surface area contributed by atoms with Crippen LogP contribution in [-0.2, 0) is 0 Å². The highest BCUT2D eigenvalue weighted by molar-refractivity contribution is 6.13. The monoisotopic (exact) mass is 664 g/mol. The Morgan fingerprint density at radius 2 is 0.654 bits per heavy atom. The molecule has 12 rings (SSSR count). The molecule has 4 nitrogen and oxygen atoms in total. The van der Waals surface area contributed by atoms with Crippen LogP contribution in [0.5, 0.6) is 0 Å². The van der Waals surface area contributed by atoms with Gasteiger partial charge in [0.15, 0.2) is 0 Å². The van der Waals surface area contributed by atoms with Crippen LogP contribution in [0.25, 0.3) is 110 Å². The summed E-state index contributed by atoms with van der Waals surface area (Å²) in [4.78, 5) is 0. The molecule has 0 aliphatic rings. The van der Waals surface area contributed by atoms with E-state index in [1.54, 1.807) is 0 Å². The number of fused-ring (bicyclic) bond motifs is 12. The van der Waals surface area contributed by atoms with Crippen LogP contribution < -0.4 is 0 Å². The van der Waals surface area contributed by atoms with E-state index in [4.69, 9.17) is 8.83 Å². The molecule has 4 heteroatoms. The fourth-order valence-corrected chi connectivity index (χ4v) is 8.57. The summed E-state index contributed by atoms with van der Waals surface area (Å²) in [7, 11) is 0. The summed E-state index contributed by atoms with van der Waals surface area (Å²) in [5, 5.41) is 9.42. The second kappa shape index (κ2) is 10.3. The first kappa shape index (κ1) is 27.7. The smallest absolute Gasteiger partial charge is 0.135 e. The molecular weight excluding hydrogens is 637 g/mol. The first-order valence-electron chi connectivity index (χ1n) is 17.7. The number of hydrogen-bond donors (Lipinski definition) is 0. The second-order valence-electron chi connectivity index (χ2n) is 13.7. The maximum atomic E-state index is 6.40. The molecule has 242 valence electrons. The highest BCUT2D eigenvalue weighted by atomic mass is 16.3. The Hall–Kier alpha value is -7.04. The Labute approximate surface area is 296 Å². The quantitative estimate of drug-likeness (QED) is 0.188. The lowest BCUT2D eigenvalue weighted by Gasteiger charge is -2.09. The van der Waals surface area contributed by atoms with E-state index in [2.05, 4.69) is 167 Å². The molecule has 0 saturated heterocycles. The zero-order chi connectivity index (χ0) is 33.9. The zero-order valence-corrected chi connectivity index (χ0v) is 27.9. The highest BCUT2D eigenvalue weighted by Crippen LogP contribution is 2.40. The fraction of sp³-hybridized carbons (Fsp3) is 0. The molecule has 0 amide bonds. The Kier molecular flexibility index (Phi) is 5.47. The third kappa shape index (κ3) is 3.81. The van der Waals surface area contributed by atoms with E-state index < -0.39 is 0 Å². The molecule has 0 spiro atoms. The number of nitrogens with zero attached hydrogens (tertiary/aromatic N) is 2. The average Bonchev–Trinajstić information content (AvgIpc) is 3.94. The molecule has 0 aliphatic carbocycles. The number of rotatable bonds is 3. The minimum Gasteiger partial charge on any atom is -0.456 e. The summed E-state index contributed by atoms with van der Waals surface area (Å²) in [5.74, 6) is 0. The zero-order valence-electron chi connectivity index (χ0n) is 27.9. The Bertz CT molecular complexity index is 3370. The predicted octanol–water partition coefficient (Wildman–Crippen LogP) is 13.3. The standard InChI is InChI=1S/C48H28N2O2/c1-5-13-41-33(9-1)34-10-2-6-14-42(34)49(41)32-20-24-48-40(28-32)38-26-30(18-22-46(38)52-48)29-17-21-44-37(25-29)35-11-3-7-15-43(35)50(44)31-19-23-47-39(27-31)36-12-4-8-16-45(36)51-47/h1-28H. The van der Waals surface area contributed by atoms with E-state index >= 15 is 0 Å². The number of aromatic nitrogens is 2. The minimum absolute atomic E-state index is 0.887. The maximum Gasteiger partial charge on any atom is 0.135 e. The second-order valence-corrected chi connectivity index (χ2v) is 13.7.